The molecule has 1 amide bonds. The van der Waals surface area contributed by atoms with Gasteiger partial charge in [-0.2, -0.15) is 0 Å². The highest BCUT2D eigenvalue weighted by Gasteiger charge is 2.35. The van der Waals surface area contributed by atoms with Gasteiger partial charge in [0, 0.05) is 30.9 Å². The average molecular weight is 280 g/mol. The summed E-state index contributed by atoms with van der Waals surface area (Å²) in [6.45, 7) is 2.02. The van der Waals surface area contributed by atoms with Crippen LogP contribution in [-0.4, -0.2) is 36.0 Å². The number of nitrogens with zero attached hydrogens (tertiary/aromatic N) is 1. The fraction of sp³-hybridized carbons (Fsp3) is 0.500. The van der Waals surface area contributed by atoms with E-state index in [9.17, 15) is 4.79 Å². The number of anilines is 1. The second-order valence-electron chi connectivity index (χ2n) is 5.39. The molecule has 1 saturated heterocycles. The minimum Gasteiger partial charge on any atom is -0.398 e. The van der Waals surface area contributed by atoms with Crippen molar-refractivity contribution >= 4 is 23.2 Å². The Labute approximate surface area is 117 Å². The van der Waals surface area contributed by atoms with Crippen LogP contribution in [0.15, 0.2) is 18.2 Å². The predicted molar refractivity (Wildman–Crippen MR) is 76.3 cm³/mol. The first-order valence-corrected chi connectivity index (χ1v) is 7.12. The normalized spacial score (nSPS) is 23.5. The van der Waals surface area contributed by atoms with E-state index < -0.39 is 0 Å². The third-order valence-electron chi connectivity index (χ3n) is 3.89. The summed E-state index contributed by atoms with van der Waals surface area (Å²) in [5.41, 5.74) is 6.66. The first-order valence-electron chi connectivity index (χ1n) is 6.74. The molecule has 1 aliphatic carbocycles. The predicted octanol–water partition coefficient (Wildman–Crippen LogP) is 1.89. The van der Waals surface area contributed by atoms with Crippen molar-refractivity contribution in [3.63, 3.8) is 0 Å². The van der Waals surface area contributed by atoms with Gasteiger partial charge >= 0.3 is 0 Å². The van der Waals surface area contributed by atoms with E-state index in [2.05, 4.69) is 10.2 Å². The molecule has 102 valence electrons. The molecule has 1 aliphatic heterocycles. The lowest BCUT2D eigenvalue weighted by Gasteiger charge is -2.16. The van der Waals surface area contributed by atoms with Crippen molar-refractivity contribution in [3.8, 4) is 0 Å². The Morgan fingerprint density at radius 3 is 2.84 bits per heavy atom. The SMILES string of the molecule is Nc1cccc(Cl)c1C(=O)NC1CCN(C2CC2)C1. The van der Waals surface area contributed by atoms with Gasteiger partial charge in [-0.3, -0.25) is 9.69 Å². The fourth-order valence-corrected chi connectivity index (χ4v) is 2.98. The van der Waals surface area contributed by atoms with E-state index in [0.717, 1.165) is 25.6 Å². The molecule has 1 aromatic carbocycles. The monoisotopic (exact) mass is 279 g/mol. The van der Waals surface area contributed by atoms with E-state index in [1.165, 1.54) is 12.8 Å². The highest BCUT2D eigenvalue weighted by atomic mass is 35.5. The van der Waals surface area contributed by atoms with Gasteiger partial charge in [0.25, 0.3) is 5.91 Å². The smallest absolute Gasteiger partial charge is 0.255 e. The summed E-state index contributed by atoms with van der Waals surface area (Å²) in [4.78, 5) is 14.7. The zero-order valence-electron chi connectivity index (χ0n) is 10.7. The molecular weight excluding hydrogens is 262 g/mol. The number of hydrogen-bond donors (Lipinski definition) is 2. The number of likely N-dealkylation sites (tertiary alicyclic amines) is 1. The van der Waals surface area contributed by atoms with Crippen molar-refractivity contribution in [2.45, 2.75) is 31.3 Å². The molecule has 19 heavy (non-hydrogen) atoms. The maximum atomic E-state index is 12.2. The molecule has 5 heteroatoms. The molecule has 3 N–H and O–H groups in total. The van der Waals surface area contributed by atoms with Gasteiger partial charge in [0.1, 0.15) is 0 Å². The van der Waals surface area contributed by atoms with E-state index in [0.29, 0.717) is 16.3 Å². The summed E-state index contributed by atoms with van der Waals surface area (Å²) in [6, 6.07) is 6.11. The Morgan fingerprint density at radius 1 is 1.37 bits per heavy atom. The van der Waals surface area contributed by atoms with E-state index >= 15 is 0 Å². The van der Waals surface area contributed by atoms with Crippen LogP contribution >= 0.6 is 11.6 Å². The van der Waals surface area contributed by atoms with Gasteiger partial charge in [-0.15, -0.1) is 0 Å². The van der Waals surface area contributed by atoms with Crippen molar-refractivity contribution in [1.82, 2.24) is 10.2 Å². The number of rotatable bonds is 3. The van der Waals surface area contributed by atoms with Gasteiger partial charge in [-0.25, -0.2) is 0 Å². The Kier molecular flexibility index (Phi) is 3.37. The summed E-state index contributed by atoms with van der Waals surface area (Å²) >= 11 is 6.05. The van der Waals surface area contributed by atoms with Crippen LogP contribution in [0.25, 0.3) is 0 Å². The Morgan fingerprint density at radius 2 is 2.16 bits per heavy atom. The van der Waals surface area contributed by atoms with Gasteiger partial charge in [-0.05, 0) is 31.4 Å². The van der Waals surface area contributed by atoms with Crippen molar-refractivity contribution in [2.24, 2.45) is 0 Å². The number of benzene rings is 1. The first-order chi connectivity index (χ1) is 9.15. The number of halogens is 1. The molecule has 0 radical (unpaired) electrons. The molecule has 1 heterocycles. The van der Waals surface area contributed by atoms with Crippen LogP contribution in [0.2, 0.25) is 5.02 Å². The van der Waals surface area contributed by atoms with Crippen molar-refractivity contribution in [2.75, 3.05) is 18.8 Å². The molecule has 0 spiro atoms. The lowest BCUT2D eigenvalue weighted by atomic mass is 10.1. The minimum absolute atomic E-state index is 0.161. The highest BCUT2D eigenvalue weighted by molar-refractivity contribution is 6.34. The fourth-order valence-electron chi connectivity index (χ4n) is 2.71. The Bertz CT molecular complexity index is 481. The second-order valence-corrected chi connectivity index (χ2v) is 5.80. The average Bonchev–Trinajstić information content (AvgIpc) is 3.10. The molecule has 1 saturated carbocycles. The number of carbonyl (C=O) groups excluding carboxylic acids is 1. The van der Waals surface area contributed by atoms with Crippen molar-refractivity contribution in [3.05, 3.63) is 28.8 Å². The van der Waals surface area contributed by atoms with Gasteiger partial charge in [-0.1, -0.05) is 17.7 Å². The topological polar surface area (TPSA) is 58.4 Å². The summed E-state index contributed by atoms with van der Waals surface area (Å²) in [5, 5.41) is 3.46. The largest absolute Gasteiger partial charge is 0.398 e. The van der Waals surface area contributed by atoms with Crippen LogP contribution in [0, 0.1) is 0 Å². The number of hydrogen-bond acceptors (Lipinski definition) is 3. The molecule has 1 unspecified atom stereocenters. The first kappa shape index (κ1) is 12.8. The Balaban J connectivity index is 1.65. The zero-order valence-corrected chi connectivity index (χ0v) is 11.5. The highest BCUT2D eigenvalue weighted by Crippen LogP contribution is 2.30. The molecule has 2 aliphatic rings. The summed E-state index contributed by atoms with van der Waals surface area (Å²) in [5.74, 6) is -0.161. The number of nitrogens with one attached hydrogen (secondary N) is 1. The van der Waals surface area contributed by atoms with E-state index in [-0.39, 0.29) is 11.9 Å². The summed E-state index contributed by atoms with van der Waals surface area (Å²) < 4.78 is 0. The van der Waals surface area contributed by atoms with Gasteiger partial charge in [0.2, 0.25) is 0 Å². The van der Waals surface area contributed by atoms with E-state index in [1.54, 1.807) is 18.2 Å². The second kappa shape index (κ2) is 5.02. The van der Waals surface area contributed by atoms with Crippen LogP contribution in [0.4, 0.5) is 5.69 Å². The standard InChI is InChI=1S/C14H18ClN3O/c15-11-2-1-3-12(16)13(11)14(19)17-9-6-7-18(8-9)10-4-5-10/h1-3,9-10H,4-8,16H2,(H,17,19). The number of carbonyl (C=O) groups is 1. The third-order valence-corrected chi connectivity index (χ3v) is 4.21. The molecule has 0 bridgehead atoms. The quantitative estimate of drug-likeness (QED) is 0.831. The summed E-state index contributed by atoms with van der Waals surface area (Å²) in [6.07, 6.45) is 3.61. The number of amides is 1. The van der Waals surface area contributed by atoms with Crippen LogP contribution in [0.3, 0.4) is 0 Å². The number of nitrogen functional groups attached to an aromatic ring is 1. The molecule has 1 aromatic rings. The Hall–Kier alpha value is -1.26. The van der Waals surface area contributed by atoms with E-state index in [1.807, 2.05) is 0 Å². The lowest BCUT2D eigenvalue weighted by molar-refractivity contribution is 0.0938. The molecule has 4 nitrogen and oxygen atoms in total. The van der Waals surface area contributed by atoms with Crippen molar-refractivity contribution in [1.29, 1.82) is 0 Å². The third kappa shape index (κ3) is 2.69. The lowest BCUT2D eigenvalue weighted by Crippen LogP contribution is -2.37. The molecule has 1 atom stereocenters. The van der Waals surface area contributed by atoms with Gasteiger partial charge in [0.15, 0.2) is 0 Å². The van der Waals surface area contributed by atoms with Gasteiger partial charge in [0.05, 0.1) is 10.6 Å². The maximum Gasteiger partial charge on any atom is 0.255 e. The molecule has 0 aromatic heterocycles. The number of nitrogens with two attached hydrogens (primary N) is 1. The van der Waals surface area contributed by atoms with Crippen molar-refractivity contribution < 1.29 is 4.79 Å². The minimum atomic E-state index is -0.161. The molecular formula is C14H18ClN3O. The van der Waals surface area contributed by atoms with Crippen LogP contribution < -0.4 is 11.1 Å². The maximum absolute atomic E-state index is 12.2. The van der Waals surface area contributed by atoms with Crippen LogP contribution in [0.1, 0.15) is 29.6 Å². The molecule has 3 rings (SSSR count). The van der Waals surface area contributed by atoms with Gasteiger partial charge < -0.3 is 11.1 Å². The zero-order chi connectivity index (χ0) is 13.4. The van der Waals surface area contributed by atoms with Crippen LogP contribution in [0.5, 0.6) is 0 Å². The van der Waals surface area contributed by atoms with Crippen LogP contribution in [-0.2, 0) is 0 Å². The summed E-state index contributed by atoms with van der Waals surface area (Å²) in [7, 11) is 0. The molecule has 2 fully saturated rings. The van der Waals surface area contributed by atoms with E-state index in [4.69, 9.17) is 17.3 Å².